The van der Waals surface area contributed by atoms with E-state index < -0.39 is 0 Å². The van der Waals surface area contributed by atoms with Crippen molar-refractivity contribution in [3.8, 4) is 0 Å². The van der Waals surface area contributed by atoms with Crippen molar-refractivity contribution in [1.29, 1.82) is 0 Å². The smallest absolute Gasteiger partial charge is 0.177 e. The largest absolute Gasteiger partial charge is 0.394 e. The summed E-state index contributed by atoms with van der Waals surface area (Å²) in [6.07, 6.45) is 3.52. The van der Waals surface area contributed by atoms with E-state index in [4.69, 9.17) is 5.11 Å². The van der Waals surface area contributed by atoms with Crippen LogP contribution in [0, 0.1) is 0 Å². The fourth-order valence-corrected chi connectivity index (χ4v) is 1.30. The minimum atomic E-state index is 0.0943. The average Bonchev–Trinajstić information content (AvgIpc) is 2.34. The summed E-state index contributed by atoms with van der Waals surface area (Å²) in [5.41, 5.74) is 0. The molecule has 0 unspecified atom stereocenters. The Bertz CT molecular complexity index is 211. The molecule has 0 saturated carbocycles. The van der Waals surface area contributed by atoms with Crippen molar-refractivity contribution in [3.63, 3.8) is 0 Å². The maximum absolute atomic E-state index is 8.76. The van der Waals surface area contributed by atoms with Gasteiger partial charge in [-0.3, -0.25) is 0 Å². The van der Waals surface area contributed by atoms with Crippen molar-refractivity contribution in [2.75, 3.05) is 6.61 Å². The molecule has 1 aromatic heterocycles. The summed E-state index contributed by atoms with van der Waals surface area (Å²) in [7, 11) is 0. The lowest BCUT2D eigenvalue weighted by atomic mass is 10.4. The maximum Gasteiger partial charge on any atom is 0.177 e. The first-order chi connectivity index (χ1) is 4.75. The molecule has 1 heterocycles. The van der Waals surface area contributed by atoms with Crippen LogP contribution in [0.25, 0.3) is 0 Å². The Morgan fingerprint density at radius 1 is 1.90 bits per heavy atom. The maximum atomic E-state index is 8.76. The van der Waals surface area contributed by atoms with E-state index in [0.717, 1.165) is 4.73 Å². The standard InChI is InChI=1S/C6H9BrN2O/c1-5(4-10)9-3-2-8-6(9)7/h2-3,5,10H,4H2,1H3/t5-/m0/s1. The van der Waals surface area contributed by atoms with Gasteiger partial charge in [0.25, 0.3) is 0 Å². The lowest BCUT2D eigenvalue weighted by molar-refractivity contribution is 0.237. The Morgan fingerprint density at radius 3 is 3.00 bits per heavy atom. The topological polar surface area (TPSA) is 38.0 Å². The first-order valence-corrected chi connectivity index (χ1v) is 3.84. The van der Waals surface area contributed by atoms with Gasteiger partial charge in [0.05, 0.1) is 12.6 Å². The zero-order valence-electron chi connectivity index (χ0n) is 5.66. The number of nitrogens with zero attached hydrogens (tertiary/aromatic N) is 2. The third kappa shape index (κ3) is 1.38. The molecule has 1 aromatic rings. The fraction of sp³-hybridized carbons (Fsp3) is 0.500. The molecule has 1 rings (SSSR count). The van der Waals surface area contributed by atoms with Crippen molar-refractivity contribution in [2.45, 2.75) is 13.0 Å². The normalized spacial score (nSPS) is 13.5. The van der Waals surface area contributed by atoms with Gasteiger partial charge in [0, 0.05) is 12.4 Å². The molecule has 0 spiro atoms. The molecular formula is C6H9BrN2O. The number of hydrogen-bond donors (Lipinski definition) is 1. The van der Waals surface area contributed by atoms with Crippen molar-refractivity contribution in [2.24, 2.45) is 0 Å². The number of hydrogen-bond acceptors (Lipinski definition) is 2. The van der Waals surface area contributed by atoms with Gasteiger partial charge in [0.2, 0.25) is 0 Å². The van der Waals surface area contributed by atoms with Crippen LogP contribution in [0.5, 0.6) is 0 Å². The van der Waals surface area contributed by atoms with Crippen LogP contribution in [0.3, 0.4) is 0 Å². The van der Waals surface area contributed by atoms with Gasteiger partial charge in [0.1, 0.15) is 0 Å². The second kappa shape index (κ2) is 3.16. The monoisotopic (exact) mass is 204 g/mol. The van der Waals surface area contributed by atoms with E-state index in [1.807, 2.05) is 17.7 Å². The molecule has 0 fully saturated rings. The molecule has 0 aliphatic carbocycles. The highest BCUT2D eigenvalue weighted by atomic mass is 79.9. The zero-order chi connectivity index (χ0) is 7.56. The van der Waals surface area contributed by atoms with Crippen LogP contribution in [-0.2, 0) is 0 Å². The lowest BCUT2D eigenvalue weighted by Crippen LogP contribution is -2.07. The molecule has 0 aliphatic rings. The number of aliphatic hydroxyl groups is 1. The molecular weight excluding hydrogens is 196 g/mol. The van der Waals surface area contributed by atoms with E-state index in [2.05, 4.69) is 20.9 Å². The van der Waals surface area contributed by atoms with Crippen LogP contribution in [0.1, 0.15) is 13.0 Å². The van der Waals surface area contributed by atoms with Crippen LogP contribution in [-0.4, -0.2) is 21.3 Å². The van der Waals surface area contributed by atoms with E-state index in [-0.39, 0.29) is 12.6 Å². The SMILES string of the molecule is C[C@@H](CO)n1ccnc1Br. The Morgan fingerprint density at radius 2 is 2.60 bits per heavy atom. The summed E-state index contributed by atoms with van der Waals surface area (Å²) in [5.74, 6) is 0. The Hall–Kier alpha value is -0.350. The number of aromatic nitrogens is 2. The lowest BCUT2D eigenvalue weighted by Gasteiger charge is -2.09. The summed E-state index contributed by atoms with van der Waals surface area (Å²) >= 11 is 3.25. The average molecular weight is 205 g/mol. The van der Waals surface area contributed by atoms with E-state index in [1.165, 1.54) is 0 Å². The van der Waals surface area contributed by atoms with Crippen molar-refractivity contribution in [1.82, 2.24) is 9.55 Å². The van der Waals surface area contributed by atoms with E-state index in [9.17, 15) is 0 Å². The third-order valence-electron chi connectivity index (χ3n) is 1.36. The molecule has 0 amide bonds. The van der Waals surface area contributed by atoms with Gasteiger partial charge >= 0.3 is 0 Å². The minimum Gasteiger partial charge on any atom is -0.394 e. The van der Waals surface area contributed by atoms with Crippen LogP contribution < -0.4 is 0 Å². The molecule has 1 N–H and O–H groups in total. The molecule has 0 bridgehead atoms. The van der Waals surface area contributed by atoms with Gasteiger partial charge in [-0.15, -0.1) is 0 Å². The van der Waals surface area contributed by atoms with Crippen LogP contribution in [0.4, 0.5) is 0 Å². The highest BCUT2D eigenvalue weighted by molar-refractivity contribution is 9.10. The van der Waals surface area contributed by atoms with Crippen molar-refractivity contribution < 1.29 is 5.11 Å². The van der Waals surface area contributed by atoms with Crippen molar-refractivity contribution in [3.05, 3.63) is 17.1 Å². The van der Waals surface area contributed by atoms with Crippen LogP contribution >= 0.6 is 15.9 Å². The van der Waals surface area contributed by atoms with Gasteiger partial charge < -0.3 is 9.67 Å². The molecule has 0 aliphatic heterocycles. The third-order valence-corrected chi connectivity index (χ3v) is 1.97. The van der Waals surface area contributed by atoms with E-state index in [1.54, 1.807) is 6.20 Å². The molecule has 10 heavy (non-hydrogen) atoms. The number of aliphatic hydroxyl groups excluding tert-OH is 1. The fourth-order valence-electron chi connectivity index (χ4n) is 0.712. The predicted molar refractivity (Wildman–Crippen MR) is 41.7 cm³/mol. The molecule has 1 atom stereocenters. The van der Waals surface area contributed by atoms with Gasteiger partial charge in [0.15, 0.2) is 4.73 Å². The summed E-state index contributed by atoms with van der Waals surface area (Å²) < 4.78 is 2.62. The van der Waals surface area contributed by atoms with Crippen LogP contribution in [0.2, 0.25) is 0 Å². The number of imidazole rings is 1. The second-order valence-electron chi connectivity index (χ2n) is 2.14. The first kappa shape index (κ1) is 7.75. The van der Waals surface area contributed by atoms with Gasteiger partial charge in [-0.1, -0.05) is 0 Å². The minimum absolute atomic E-state index is 0.0943. The highest BCUT2D eigenvalue weighted by Crippen LogP contribution is 2.12. The molecule has 56 valence electrons. The summed E-state index contributed by atoms with van der Waals surface area (Å²) in [4.78, 5) is 3.95. The Kier molecular flexibility index (Phi) is 2.45. The van der Waals surface area contributed by atoms with Crippen LogP contribution in [0.15, 0.2) is 17.1 Å². The van der Waals surface area contributed by atoms with Gasteiger partial charge in [-0.05, 0) is 22.9 Å². The second-order valence-corrected chi connectivity index (χ2v) is 2.84. The highest BCUT2D eigenvalue weighted by Gasteiger charge is 2.04. The van der Waals surface area contributed by atoms with Crippen molar-refractivity contribution >= 4 is 15.9 Å². The quantitative estimate of drug-likeness (QED) is 0.787. The first-order valence-electron chi connectivity index (χ1n) is 3.05. The number of halogens is 1. The van der Waals surface area contributed by atoms with Gasteiger partial charge in [-0.25, -0.2) is 4.98 Å². The Balaban J connectivity index is 2.82. The molecule has 0 aromatic carbocycles. The van der Waals surface area contributed by atoms with E-state index in [0.29, 0.717) is 0 Å². The molecule has 3 nitrogen and oxygen atoms in total. The number of rotatable bonds is 2. The van der Waals surface area contributed by atoms with Gasteiger partial charge in [-0.2, -0.15) is 0 Å². The summed E-state index contributed by atoms with van der Waals surface area (Å²) in [6.45, 7) is 2.06. The van der Waals surface area contributed by atoms with E-state index >= 15 is 0 Å². The molecule has 0 radical (unpaired) electrons. The Labute approximate surface area is 67.8 Å². The zero-order valence-corrected chi connectivity index (χ0v) is 7.24. The summed E-state index contributed by atoms with van der Waals surface area (Å²) in [6, 6.07) is 0.0943. The summed E-state index contributed by atoms with van der Waals surface area (Å²) in [5, 5.41) is 8.76. The molecule has 4 heteroatoms. The predicted octanol–water partition coefficient (Wildman–Crippen LogP) is 1.20. The molecule has 0 saturated heterocycles.